The fourth-order valence-corrected chi connectivity index (χ4v) is 6.14. The number of nitrogens with zero attached hydrogens (tertiary/aromatic N) is 1. The predicted octanol–water partition coefficient (Wildman–Crippen LogP) is 1.15. The zero-order chi connectivity index (χ0) is 33.2. The van der Waals surface area contributed by atoms with Crippen LogP contribution in [0, 0.1) is 5.21 Å². The molecule has 45 heavy (non-hydrogen) atoms. The Morgan fingerprint density at radius 3 is 1.78 bits per heavy atom. The summed E-state index contributed by atoms with van der Waals surface area (Å²) in [5.74, 6) is -1.54. The van der Waals surface area contributed by atoms with Crippen molar-refractivity contribution in [3.8, 4) is 0 Å². The SMILES string of the molecule is C[N+]([O-])(/C=C/COC(=O)NCCNC(=O)CCS(=O)(=O)c1ccccc1)CCOCCNC(=O)CCS(=O)(=O)c1ccccc1. The fraction of sp³-hybridized carbons (Fsp3) is 0.414. The van der Waals surface area contributed by atoms with Crippen LogP contribution in [0.5, 0.6) is 0 Å². The highest BCUT2D eigenvalue weighted by Crippen LogP contribution is 2.12. The molecule has 0 aromatic heterocycles. The van der Waals surface area contributed by atoms with Crippen LogP contribution in [0.15, 0.2) is 82.7 Å². The van der Waals surface area contributed by atoms with Gasteiger partial charge < -0.3 is 35.3 Å². The summed E-state index contributed by atoms with van der Waals surface area (Å²) >= 11 is 0. The van der Waals surface area contributed by atoms with E-state index in [4.69, 9.17) is 9.47 Å². The van der Waals surface area contributed by atoms with Crippen LogP contribution in [0.4, 0.5) is 4.79 Å². The molecule has 2 aromatic rings. The first-order valence-corrected chi connectivity index (χ1v) is 17.4. The van der Waals surface area contributed by atoms with Gasteiger partial charge in [0.1, 0.15) is 13.2 Å². The Morgan fingerprint density at radius 1 is 0.756 bits per heavy atom. The molecule has 0 heterocycles. The number of hydrogen-bond donors (Lipinski definition) is 3. The number of hydrogen-bond acceptors (Lipinski definition) is 10. The van der Waals surface area contributed by atoms with Gasteiger partial charge in [-0.3, -0.25) is 9.59 Å². The summed E-state index contributed by atoms with van der Waals surface area (Å²) in [6.07, 6.45) is 1.51. The van der Waals surface area contributed by atoms with E-state index >= 15 is 0 Å². The van der Waals surface area contributed by atoms with Crippen molar-refractivity contribution in [3.05, 3.63) is 78.1 Å². The third-order valence-corrected chi connectivity index (χ3v) is 9.56. The number of alkyl carbamates (subject to hydrolysis) is 1. The molecule has 248 valence electrons. The second-order valence-electron chi connectivity index (χ2n) is 9.88. The third kappa shape index (κ3) is 15.6. The number of hydroxylamine groups is 3. The molecule has 1 unspecified atom stereocenters. The van der Waals surface area contributed by atoms with Gasteiger partial charge in [-0.05, 0) is 24.3 Å². The molecule has 0 aliphatic carbocycles. The minimum Gasteiger partial charge on any atom is -0.628 e. The van der Waals surface area contributed by atoms with E-state index in [9.17, 15) is 36.4 Å². The molecule has 0 aliphatic heterocycles. The highest BCUT2D eigenvalue weighted by molar-refractivity contribution is 7.91. The summed E-state index contributed by atoms with van der Waals surface area (Å²) in [5.41, 5.74) is 0. The van der Waals surface area contributed by atoms with Gasteiger partial charge in [-0.15, -0.1) is 0 Å². The standard InChI is InChI=1S/C29H40N4O10S2/c1-33(37,19-22-42-21-17-31-28(35)14-24-45(40,41)26-11-6-3-7-12-26)18-8-20-43-29(36)32-16-15-30-27(34)13-23-44(38,39)25-9-4-2-5-10-25/h2-12,18H,13-17,19-24H2,1H3,(H,30,34)(H,31,35)(H,32,36)/b18-8+. The smallest absolute Gasteiger partial charge is 0.407 e. The average molecular weight is 669 g/mol. The summed E-state index contributed by atoms with van der Waals surface area (Å²) in [7, 11) is -5.73. The minimum absolute atomic E-state index is 0.0539. The Balaban J connectivity index is 1.49. The van der Waals surface area contributed by atoms with E-state index in [1.807, 2.05) is 0 Å². The predicted molar refractivity (Wildman–Crippen MR) is 166 cm³/mol. The summed E-state index contributed by atoms with van der Waals surface area (Å²) in [6.45, 7) is 0.400. The van der Waals surface area contributed by atoms with E-state index in [-0.39, 0.29) is 80.1 Å². The minimum atomic E-state index is -3.56. The van der Waals surface area contributed by atoms with Crippen LogP contribution in [0.3, 0.4) is 0 Å². The lowest BCUT2D eigenvalue weighted by Gasteiger charge is -2.34. The zero-order valence-electron chi connectivity index (χ0n) is 25.1. The second-order valence-corrected chi connectivity index (χ2v) is 14.1. The maximum Gasteiger partial charge on any atom is 0.407 e. The van der Waals surface area contributed by atoms with Crippen molar-refractivity contribution in [1.82, 2.24) is 16.0 Å². The molecule has 3 N–H and O–H groups in total. The number of likely N-dealkylation sites (N-methyl/N-ethyl adjacent to an activating group) is 1. The van der Waals surface area contributed by atoms with Gasteiger partial charge in [-0.25, -0.2) is 21.6 Å². The van der Waals surface area contributed by atoms with Gasteiger partial charge in [0, 0.05) is 38.6 Å². The second kappa shape index (κ2) is 18.9. The topological polar surface area (TPSA) is 197 Å². The summed E-state index contributed by atoms with van der Waals surface area (Å²) in [5, 5.41) is 20.0. The Hall–Kier alpha value is -3.83. The number of carbonyl (C=O) groups excluding carboxylic acids is 3. The maximum atomic E-state index is 12.5. The Bertz CT molecular complexity index is 1470. The Kier molecular flexibility index (Phi) is 15.7. The molecular weight excluding hydrogens is 628 g/mol. The van der Waals surface area contributed by atoms with Gasteiger partial charge in [0.15, 0.2) is 19.7 Å². The van der Waals surface area contributed by atoms with Gasteiger partial charge in [0.05, 0.1) is 47.8 Å². The molecule has 0 bridgehead atoms. The number of amides is 3. The van der Waals surface area contributed by atoms with Crippen molar-refractivity contribution in [2.45, 2.75) is 22.6 Å². The van der Waals surface area contributed by atoms with E-state index in [0.29, 0.717) is 0 Å². The third-order valence-electron chi connectivity index (χ3n) is 6.10. The van der Waals surface area contributed by atoms with Crippen molar-refractivity contribution < 1.29 is 45.3 Å². The first kappa shape index (κ1) is 37.4. The Morgan fingerprint density at radius 2 is 1.24 bits per heavy atom. The number of carbonyl (C=O) groups is 3. The molecule has 2 rings (SSSR count). The molecule has 0 spiro atoms. The first-order valence-electron chi connectivity index (χ1n) is 14.1. The van der Waals surface area contributed by atoms with Gasteiger partial charge in [-0.1, -0.05) is 36.4 Å². The zero-order valence-corrected chi connectivity index (χ0v) is 26.7. The fourth-order valence-electron chi connectivity index (χ4n) is 3.61. The largest absolute Gasteiger partial charge is 0.628 e. The van der Waals surface area contributed by atoms with Crippen LogP contribution in [0.2, 0.25) is 0 Å². The van der Waals surface area contributed by atoms with Crippen LogP contribution < -0.4 is 16.0 Å². The number of benzene rings is 2. The van der Waals surface area contributed by atoms with Gasteiger partial charge in [-0.2, -0.15) is 0 Å². The highest BCUT2D eigenvalue weighted by Gasteiger charge is 2.17. The van der Waals surface area contributed by atoms with E-state index in [1.54, 1.807) is 36.4 Å². The van der Waals surface area contributed by atoms with Crippen molar-refractivity contribution >= 4 is 37.6 Å². The normalized spacial score (nSPS) is 13.1. The number of ether oxygens (including phenoxy) is 2. The van der Waals surface area contributed by atoms with Crippen molar-refractivity contribution in [1.29, 1.82) is 0 Å². The molecule has 0 fully saturated rings. The lowest BCUT2D eigenvalue weighted by molar-refractivity contribution is -0.808. The van der Waals surface area contributed by atoms with Crippen molar-refractivity contribution in [2.24, 2.45) is 0 Å². The maximum absolute atomic E-state index is 12.5. The molecule has 0 aliphatic rings. The van der Waals surface area contributed by atoms with E-state index < -0.39 is 42.2 Å². The number of rotatable bonds is 20. The van der Waals surface area contributed by atoms with Gasteiger partial charge in [0.2, 0.25) is 11.8 Å². The van der Waals surface area contributed by atoms with E-state index in [0.717, 1.165) is 0 Å². The quantitative estimate of drug-likeness (QED) is 0.105. The van der Waals surface area contributed by atoms with Crippen LogP contribution in [0.25, 0.3) is 0 Å². The van der Waals surface area contributed by atoms with E-state index in [2.05, 4.69) is 16.0 Å². The molecular formula is C29H40N4O10S2. The van der Waals surface area contributed by atoms with Gasteiger partial charge >= 0.3 is 6.09 Å². The monoisotopic (exact) mass is 668 g/mol. The van der Waals surface area contributed by atoms with E-state index in [1.165, 1.54) is 43.6 Å². The molecule has 0 radical (unpaired) electrons. The molecule has 14 nitrogen and oxygen atoms in total. The summed E-state index contributed by atoms with van der Waals surface area (Å²) < 4.78 is 58.4. The highest BCUT2D eigenvalue weighted by atomic mass is 32.2. The average Bonchev–Trinajstić information content (AvgIpc) is 3.02. The van der Waals surface area contributed by atoms with Crippen LogP contribution in [-0.4, -0.2) is 104 Å². The summed E-state index contributed by atoms with van der Waals surface area (Å²) in [6, 6.07) is 15.7. The van der Waals surface area contributed by atoms with Gasteiger partial charge in [0.25, 0.3) is 0 Å². The number of quaternary nitrogens is 1. The molecule has 3 amide bonds. The van der Waals surface area contributed by atoms with Crippen LogP contribution in [0.1, 0.15) is 12.8 Å². The Labute approximate surface area is 263 Å². The lowest BCUT2D eigenvalue weighted by Crippen LogP contribution is -2.36. The molecule has 0 saturated heterocycles. The number of nitrogens with one attached hydrogen (secondary N) is 3. The molecule has 0 saturated carbocycles. The summed E-state index contributed by atoms with van der Waals surface area (Å²) in [4.78, 5) is 35.9. The van der Waals surface area contributed by atoms with Crippen LogP contribution >= 0.6 is 0 Å². The number of sulfone groups is 2. The molecule has 2 aromatic carbocycles. The first-order chi connectivity index (χ1) is 21.3. The van der Waals surface area contributed by atoms with Crippen LogP contribution in [-0.2, 0) is 38.7 Å². The van der Waals surface area contributed by atoms with Crippen molar-refractivity contribution in [2.75, 3.05) is 64.6 Å². The molecule has 16 heteroatoms. The molecule has 1 atom stereocenters. The lowest BCUT2D eigenvalue weighted by atomic mass is 10.4. The van der Waals surface area contributed by atoms with Crippen molar-refractivity contribution in [3.63, 3.8) is 0 Å².